The van der Waals surface area contributed by atoms with E-state index in [1.807, 2.05) is 0 Å². The molecule has 0 fully saturated rings. The molecule has 3 aromatic rings. The Hall–Kier alpha value is -2.43. The second-order valence-corrected chi connectivity index (χ2v) is 11.1. The summed E-state index contributed by atoms with van der Waals surface area (Å²) in [5.41, 5.74) is -4.28. The Labute approximate surface area is 178 Å². The fraction of sp³-hybridized carbons (Fsp3) is 0.143. The van der Waals surface area contributed by atoms with Crippen LogP contribution in [-0.4, -0.2) is 13.9 Å². The maximum absolute atomic E-state index is 15.0. The van der Waals surface area contributed by atoms with Gasteiger partial charge in [-0.1, -0.05) is 35.4 Å². The number of aryl methyl sites for hydroxylation is 2. The van der Waals surface area contributed by atoms with E-state index in [0.717, 1.165) is 23.3 Å². The van der Waals surface area contributed by atoms with Crippen molar-refractivity contribution in [2.75, 3.05) is 0 Å². The van der Waals surface area contributed by atoms with Crippen LogP contribution in [0.25, 0.3) is 0 Å². The van der Waals surface area contributed by atoms with E-state index in [0.29, 0.717) is 6.07 Å². The van der Waals surface area contributed by atoms with Crippen molar-refractivity contribution in [3.8, 4) is 0 Å². The maximum Gasteiger partial charge on any atom is 0.524 e. The van der Waals surface area contributed by atoms with Crippen LogP contribution in [0.1, 0.15) is 11.1 Å². The summed E-state index contributed by atoms with van der Waals surface area (Å²) in [6, 6.07) is 13.9. The fourth-order valence-corrected chi connectivity index (χ4v) is 7.56. The van der Waals surface area contributed by atoms with E-state index in [1.165, 1.54) is 48.5 Å². The van der Waals surface area contributed by atoms with E-state index >= 15 is 0 Å². The first-order chi connectivity index (χ1) is 14.4. The Morgan fingerprint density at radius 1 is 0.742 bits per heavy atom. The minimum Gasteiger partial charge on any atom is -0.207 e. The highest BCUT2D eigenvalue weighted by Crippen LogP contribution is 2.71. The molecule has 3 aromatic carbocycles. The quantitative estimate of drug-likeness (QED) is 0.306. The van der Waals surface area contributed by atoms with Gasteiger partial charge in [-0.2, -0.15) is 25.2 Å². The van der Waals surface area contributed by atoms with Gasteiger partial charge in [0.1, 0.15) is 11.6 Å². The highest BCUT2D eigenvalue weighted by atomic mass is 32.3. The molecule has 0 saturated heterocycles. The van der Waals surface area contributed by atoms with Crippen molar-refractivity contribution in [3.63, 3.8) is 0 Å². The van der Waals surface area contributed by atoms with E-state index in [4.69, 9.17) is 3.63 Å². The summed E-state index contributed by atoms with van der Waals surface area (Å²) >= 11 is 0. The van der Waals surface area contributed by atoms with Gasteiger partial charge in [0.15, 0.2) is 0 Å². The number of rotatable bonds is 5. The Kier molecular flexibility index (Phi) is 6.18. The van der Waals surface area contributed by atoms with Crippen molar-refractivity contribution in [2.45, 2.75) is 34.0 Å². The highest BCUT2D eigenvalue weighted by molar-refractivity contribution is 8.33. The van der Waals surface area contributed by atoms with Crippen LogP contribution in [0.2, 0.25) is 0 Å². The number of hydrogen-bond donors (Lipinski definition) is 0. The van der Waals surface area contributed by atoms with Crippen LogP contribution in [0.3, 0.4) is 0 Å². The number of alkyl halides is 3. The second kappa shape index (κ2) is 8.25. The number of benzene rings is 3. The molecule has 0 spiro atoms. The van der Waals surface area contributed by atoms with Gasteiger partial charge in [-0.3, -0.25) is 0 Å². The lowest BCUT2D eigenvalue weighted by atomic mass is 10.2. The molecule has 0 heterocycles. The van der Waals surface area contributed by atoms with Crippen molar-refractivity contribution < 1.29 is 34.0 Å². The minimum atomic E-state index is -6.17. The zero-order chi connectivity index (χ0) is 23.0. The third kappa shape index (κ3) is 4.46. The molecule has 0 radical (unpaired) electrons. The van der Waals surface area contributed by atoms with E-state index in [2.05, 4.69) is 0 Å². The molecule has 3 rings (SSSR count). The molecule has 0 unspecified atom stereocenters. The minimum absolute atomic E-state index is 0.000265. The molecule has 0 aliphatic carbocycles. The van der Waals surface area contributed by atoms with Crippen molar-refractivity contribution >= 4 is 20.4 Å². The van der Waals surface area contributed by atoms with Crippen molar-refractivity contribution in [1.29, 1.82) is 0 Å². The van der Waals surface area contributed by atoms with Gasteiger partial charge in [0.05, 0.1) is 4.90 Å². The zero-order valence-corrected chi connectivity index (χ0v) is 17.9. The Bertz CT molecular complexity index is 1140. The van der Waals surface area contributed by atoms with E-state index in [-0.39, 0.29) is 9.79 Å². The van der Waals surface area contributed by atoms with Gasteiger partial charge >= 0.3 is 15.6 Å². The summed E-state index contributed by atoms with van der Waals surface area (Å²) in [4.78, 5) is -0.505. The largest absolute Gasteiger partial charge is 0.524 e. The van der Waals surface area contributed by atoms with Crippen LogP contribution in [0.5, 0.6) is 0 Å². The number of halogens is 5. The zero-order valence-electron chi connectivity index (χ0n) is 16.3. The molecule has 0 amide bonds. The first-order valence-electron chi connectivity index (χ1n) is 8.81. The molecule has 10 heteroatoms. The van der Waals surface area contributed by atoms with Gasteiger partial charge in [0.2, 0.25) is 0 Å². The molecule has 0 bridgehead atoms. The molecule has 0 aliphatic rings. The smallest absolute Gasteiger partial charge is 0.207 e. The molecule has 0 saturated carbocycles. The maximum atomic E-state index is 15.0. The van der Waals surface area contributed by atoms with Gasteiger partial charge in [-0.05, 0) is 60.6 Å². The molecule has 0 N–H and O–H groups in total. The second-order valence-electron chi connectivity index (χ2n) is 6.72. The summed E-state index contributed by atoms with van der Waals surface area (Å²) in [7, 11) is -9.97. The standard InChI is InChI=1S/C21H17F5O3S2/c1-14-3-8-17(9-4-14)30(18-10-5-15(2)6-11-18,29-31(27,28)21(24,25)26)20-12-7-16(22)13-19(20)23/h3-13H,1-2H3. The molecule has 166 valence electrons. The van der Waals surface area contributed by atoms with Crippen LogP contribution in [0.15, 0.2) is 81.4 Å². The Morgan fingerprint density at radius 3 is 1.58 bits per heavy atom. The van der Waals surface area contributed by atoms with Gasteiger partial charge < -0.3 is 0 Å². The Morgan fingerprint density at radius 2 is 1.19 bits per heavy atom. The van der Waals surface area contributed by atoms with Gasteiger partial charge in [0, 0.05) is 15.9 Å². The third-order valence-corrected chi connectivity index (χ3v) is 9.31. The van der Waals surface area contributed by atoms with E-state index in [9.17, 15) is 30.4 Å². The predicted octanol–water partition coefficient (Wildman–Crippen LogP) is 6.64. The first kappa shape index (κ1) is 23.2. The molecule has 3 nitrogen and oxygen atoms in total. The first-order valence-corrected chi connectivity index (χ1v) is 11.8. The normalized spacial score (nSPS) is 13.3. The lowest BCUT2D eigenvalue weighted by molar-refractivity contribution is -0.0496. The van der Waals surface area contributed by atoms with E-state index < -0.39 is 42.5 Å². The van der Waals surface area contributed by atoms with Crippen LogP contribution < -0.4 is 0 Å². The summed E-state index contributed by atoms with van der Waals surface area (Å²) in [6.45, 7) is 3.44. The Balaban J connectivity index is 2.46. The molecular weight excluding hydrogens is 459 g/mol. The van der Waals surface area contributed by atoms with Gasteiger partial charge in [0.25, 0.3) is 0 Å². The lowest BCUT2D eigenvalue weighted by Crippen LogP contribution is -2.27. The monoisotopic (exact) mass is 476 g/mol. The highest BCUT2D eigenvalue weighted by Gasteiger charge is 2.53. The van der Waals surface area contributed by atoms with Crippen molar-refractivity contribution in [1.82, 2.24) is 0 Å². The molecule has 0 atom stereocenters. The summed E-state index contributed by atoms with van der Waals surface area (Å²) < 4.78 is 97.9. The third-order valence-electron chi connectivity index (χ3n) is 4.38. The van der Waals surface area contributed by atoms with Crippen molar-refractivity contribution in [3.05, 3.63) is 89.5 Å². The van der Waals surface area contributed by atoms with Crippen LogP contribution >= 0.6 is 10.3 Å². The topological polar surface area (TPSA) is 43.4 Å². The molecule has 31 heavy (non-hydrogen) atoms. The summed E-state index contributed by atoms with van der Waals surface area (Å²) in [5.74, 6) is -2.20. The van der Waals surface area contributed by atoms with Gasteiger partial charge in [-0.25, -0.2) is 8.78 Å². The SMILES string of the molecule is Cc1ccc(S(OS(=O)(=O)C(F)(F)F)(c2ccc(C)cc2)c2ccc(F)cc2F)cc1. The van der Waals surface area contributed by atoms with Crippen LogP contribution in [0.4, 0.5) is 22.0 Å². The van der Waals surface area contributed by atoms with Crippen molar-refractivity contribution in [2.24, 2.45) is 0 Å². The molecule has 0 aromatic heterocycles. The number of hydrogen-bond acceptors (Lipinski definition) is 3. The summed E-state index contributed by atoms with van der Waals surface area (Å²) in [6.07, 6.45) is 0. The predicted molar refractivity (Wildman–Crippen MR) is 107 cm³/mol. The van der Waals surface area contributed by atoms with Gasteiger partial charge in [-0.15, -0.1) is 0 Å². The average molecular weight is 476 g/mol. The van der Waals surface area contributed by atoms with E-state index in [1.54, 1.807) is 13.8 Å². The summed E-state index contributed by atoms with van der Waals surface area (Å²) in [5, 5.41) is 0. The molecule has 0 aliphatic heterocycles. The molecular formula is C21H17F5O3S2. The van der Waals surface area contributed by atoms with Crippen LogP contribution in [0, 0.1) is 25.5 Å². The fourth-order valence-electron chi connectivity index (χ4n) is 2.85. The van der Waals surface area contributed by atoms with Crippen LogP contribution in [-0.2, 0) is 13.7 Å². The lowest BCUT2D eigenvalue weighted by Gasteiger charge is -2.39. The average Bonchev–Trinajstić information content (AvgIpc) is 2.67.